The first kappa shape index (κ1) is 22.7. The van der Waals surface area contributed by atoms with Gasteiger partial charge in [0.2, 0.25) is 5.88 Å². The zero-order valence-electron chi connectivity index (χ0n) is 16.4. The predicted octanol–water partition coefficient (Wildman–Crippen LogP) is 4.06. The number of rotatable bonds is 4. The summed E-state index contributed by atoms with van der Waals surface area (Å²) in [5.41, 5.74) is 0.810. The summed E-state index contributed by atoms with van der Waals surface area (Å²) in [6.07, 6.45) is -2.70. The zero-order chi connectivity index (χ0) is 22.4. The molecule has 0 atom stereocenters. The van der Waals surface area contributed by atoms with Gasteiger partial charge in [-0.2, -0.15) is 13.2 Å². The fraction of sp³-hybridized carbons (Fsp3) is 0.350. The molecule has 1 aliphatic rings. The Morgan fingerprint density at radius 1 is 1.10 bits per heavy atom. The molecule has 0 aliphatic carbocycles. The second kappa shape index (κ2) is 9.86. The first-order valence-corrected chi connectivity index (χ1v) is 9.85. The van der Waals surface area contributed by atoms with E-state index in [0.717, 1.165) is 0 Å². The van der Waals surface area contributed by atoms with E-state index in [1.165, 1.54) is 18.3 Å². The molecule has 166 valence electrons. The molecule has 1 N–H and O–H groups in total. The summed E-state index contributed by atoms with van der Waals surface area (Å²) in [4.78, 5) is 32.2. The minimum absolute atomic E-state index is 0.214. The van der Waals surface area contributed by atoms with E-state index < -0.39 is 12.8 Å². The number of nitrogens with zero attached hydrogens (tertiary/aromatic N) is 3. The van der Waals surface area contributed by atoms with Crippen LogP contribution in [-0.4, -0.2) is 65.7 Å². The van der Waals surface area contributed by atoms with Gasteiger partial charge in [0.25, 0.3) is 5.91 Å². The molecule has 1 aromatic heterocycles. The summed E-state index contributed by atoms with van der Waals surface area (Å²) < 4.78 is 41.2. The standard InChI is InChI=1S/C20H20ClF3N4O3/c21-15-3-1-4-16(11-15)26-19(30)28-8-2-7-27(9-10-28)18(29)14-5-6-17(25-12-14)31-13-20(22,23)24/h1,3-6,11-12H,2,7-10,13H2,(H,26,30). The Bertz CT molecular complexity index is 925. The molecule has 1 aromatic carbocycles. The molecule has 3 amide bonds. The van der Waals surface area contributed by atoms with Crippen LogP contribution in [0.3, 0.4) is 0 Å². The highest BCUT2D eigenvalue weighted by Crippen LogP contribution is 2.18. The number of pyridine rings is 1. The third-order valence-electron chi connectivity index (χ3n) is 4.51. The van der Waals surface area contributed by atoms with Crippen molar-refractivity contribution in [3.05, 3.63) is 53.2 Å². The van der Waals surface area contributed by atoms with Crippen molar-refractivity contribution in [1.82, 2.24) is 14.8 Å². The molecule has 2 heterocycles. The zero-order valence-corrected chi connectivity index (χ0v) is 17.1. The number of halogens is 4. The van der Waals surface area contributed by atoms with Crippen molar-refractivity contribution in [2.45, 2.75) is 12.6 Å². The van der Waals surface area contributed by atoms with Crippen LogP contribution in [0.15, 0.2) is 42.6 Å². The summed E-state index contributed by atoms with van der Waals surface area (Å²) in [5.74, 6) is -0.527. The molecule has 3 rings (SSSR count). The number of urea groups is 1. The topological polar surface area (TPSA) is 74.8 Å². The smallest absolute Gasteiger partial charge is 0.422 e. The van der Waals surface area contributed by atoms with Gasteiger partial charge in [-0.15, -0.1) is 0 Å². The van der Waals surface area contributed by atoms with Gasteiger partial charge in [-0.25, -0.2) is 9.78 Å². The van der Waals surface area contributed by atoms with Gasteiger partial charge >= 0.3 is 12.2 Å². The van der Waals surface area contributed by atoms with Crippen molar-refractivity contribution in [2.24, 2.45) is 0 Å². The molecular formula is C20H20ClF3N4O3. The van der Waals surface area contributed by atoms with Gasteiger partial charge in [-0.3, -0.25) is 4.79 Å². The maximum Gasteiger partial charge on any atom is 0.422 e. The molecule has 31 heavy (non-hydrogen) atoms. The van der Waals surface area contributed by atoms with Crippen LogP contribution in [0, 0.1) is 0 Å². The van der Waals surface area contributed by atoms with E-state index >= 15 is 0 Å². The number of carbonyl (C=O) groups is 2. The van der Waals surface area contributed by atoms with Crippen LogP contribution >= 0.6 is 11.6 Å². The van der Waals surface area contributed by atoms with E-state index in [1.807, 2.05) is 0 Å². The molecule has 0 bridgehead atoms. The number of hydrogen-bond donors (Lipinski definition) is 1. The maximum absolute atomic E-state index is 12.7. The van der Waals surface area contributed by atoms with Crippen molar-refractivity contribution in [3.8, 4) is 5.88 Å². The van der Waals surface area contributed by atoms with Gasteiger partial charge in [-0.05, 0) is 30.7 Å². The second-order valence-corrected chi connectivity index (χ2v) is 7.30. The van der Waals surface area contributed by atoms with E-state index in [9.17, 15) is 22.8 Å². The fourth-order valence-corrected chi connectivity index (χ4v) is 3.21. The lowest BCUT2D eigenvalue weighted by Gasteiger charge is -2.22. The Labute approximate surface area is 181 Å². The summed E-state index contributed by atoms with van der Waals surface area (Å²) >= 11 is 5.93. The van der Waals surface area contributed by atoms with Gasteiger partial charge < -0.3 is 19.9 Å². The van der Waals surface area contributed by atoms with Crippen LogP contribution in [0.25, 0.3) is 0 Å². The van der Waals surface area contributed by atoms with Crippen molar-refractivity contribution in [2.75, 3.05) is 38.1 Å². The lowest BCUT2D eigenvalue weighted by molar-refractivity contribution is -0.154. The summed E-state index contributed by atoms with van der Waals surface area (Å²) in [6, 6.07) is 9.11. The summed E-state index contributed by atoms with van der Waals surface area (Å²) in [6.45, 7) is 0.101. The second-order valence-electron chi connectivity index (χ2n) is 6.86. The van der Waals surface area contributed by atoms with E-state index in [0.29, 0.717) is 43.3 Å². The van der Waals surface area contributed by atoms with Crippen LogP contribution < -0.4 is 10.1 Å². The van der Waals surface area contributed by atoms with Gasteiger partial charge in [-0.1, -0.05) is 17.7 Å². The van der Waals surface area contributed by atoms with E-state index in [4.69, 9.17) is 11.6 Å². The lowest BCUT2D eigenvalue weighted by Crippen LogP contribution is -2.39. The quantitative estimate of drug-likeness (QED) is 0.753. The highest BCUT2D eigenvalue weighted by molar-refractivity contribution is 6.30. The average molecular weight is 457 g/mol. The normalized spacial score (nSPS) is 14.7. The molecule has 0 spiro atoms. The van der Waals surface area contributed by atoms with Gasteiger partial charge in [0.15, 0.2) is 6.61 Å². The number of anilines is 1. The van der Waals surface area contributed by atoms with Crippen molar-refractivity contribution < 1.29 is 27.5 Å². The molecule has 0 unspecified atom stereocenters. The third kappa shape index (κ3) is 6.74. The number of nitrogens with one attached hydrogen (secondary N) is 1. The SMILES string of the molecule is O=C(Nc1cccc(Cl)c1)N1CCCN(C(=O)c2ccc(OCC(F)(F)F)nc2)CC1. The molecule has 1 fully saturated rings. The van der Waals surface area contributed by atoms with Crippen molar-refractivity contribution >= 4 is 29.2 Å². The summed E-state index contributed by atoms with van der Waals surface area (Å²) in [7, 11) is 0. The van der Waals surface area contributed by atoms with Gasteiger partial charge in [0.05, 0.1) is 5.56 Å². The first-order chi connectivity index (χ1) is 14.7. The Balaban J connectivity index is 1.55. The molecule has 1 aliphatic heterocycles. The van der Waals surface area contributed by atoms with Crippen LogP contribution in [0.1, 0.15) is 16.8 Å². The Morgan fingerprint density at radius 3 is 2.52 bits per heavy atom. The molecular weight excluding hydrogens is 437 g/mol. The third-order valence-corrected chi connectivity index (χ3v) is 4.75. The molecule has 0 saturated carbocycles. The molecule has 1 saturated heterocycles. The number of amides is 3. The number of ether oxygens (including phenoxy) is 1. The van der Waals surface area contributed by atoms with Crippen LogP contribution in [0.2, 0.25) is 5.02 Å². The minimum atomic E-state index is -4.47. The average Bonchev–Trinajstić information content (AvgIpc) is 2.98. The Hall–Kier alpha value is -3.01. The number of alkyl halides is 3. The Kier molecular flexibility index (Phi) is 7.21. The largest absolute Gasteiger partial charge is 0.468 e. The van der Waals surface area contributed by atoms with Crippen LogP contribution in [-0.2, 0) is 0 Å². The van der Waals surface area contributed by atoms with E-state index in [1.54, 1.807) is 34.1 Å². The fourth-order valence-electron chi connectivity index (χ4n) is 3.02. The number of carbonyl (C=O) groups excluding carboxylic acids is 2. The summed E-state index contributed by atoms with van der Waals surface area (Å²) in [5, 5.41) is 3.29. The van der Waals surface area contributed by atoms with Crippen molar-refractivity contribution in [3.63, 3.8) is 0 Å². The highest BCUT2D eigenvalue weighted by Gasteiger charge is 2.29. The lowest BCUT2D eigenvalue weighted by atomic mass is 10.2. The minimum Gasteiger partial charge on any atom is -0.468 e. The predicted molar refractivity (Wildman–Crippen MR) is 108 cm³/mol. The molecule has 0 radical (unpaired) electrons. The first-order valence-electron chi connectivity index (χ1n) is 9.48. The number of benzene rings is 1. The van der Waals surface area contributed by atoms with E-state index in [-0.39, 0.29) is 23.4 Å². The molecule has 7 nitrogen and oxygen atoms in total. The monoisotopic (exact) mass is 456 g/mol. The number of hydrogen-bond acceptors (Lipinski definition) is 4. The highest BCUT2D eigenvalue weighted by atomic mass is 35.5. The number of aromatic nitrogens is 1. The Morgan fingerprint density at radius 2 is 1.84 bits per heavy atom. The van der Waals surface area contributed by atoms with Crippen LogP contribution in [0.4, 0.5) is 23.7 Å². The van der Waals surface area contributed by atoms with Crippen molar-refractivity contribution in [1.29, 1.82) is 0 Å². The molecule has 11 heteroatoms. The van der Waals surface area contributed by atoms with Gasteiger partial charge in [0, 0.05) is 49.2 Å². The maximum atomic E-state index is 12.7. The molecule has 2 aromatic rings. The van der Waals surface area contributed by atoms with Crippen LogP contribution in [0.5, 0.6) is 5.88 Å². The van der Waals surface area contributed by atoms with E-state index in [2.05, 4.69) is 15.0 Å². The van der Waals surface area contributed by atoms with Gasteiger partial charge in [0.1, 0.15) is 0 Å².